The van der Waals surface area contributed by atoms with Crippen molar-refractivity contribution in [3.8, 4) is 0 Å². The van der Waals surface area contributed by atoms with E-state index in [9.17, 15) is 0 Å². The van der Waals surface area contributed by atoms with Crippen molar-refractivity contribution in [1.29, 1.82) is 0 Å². The molecule has 0 amide bonds. The van der Waals surface area contributed by atoms with Crippen molar-refractivity contribution in [3.05, 3.63) is 60.4 Å². The summed E-state index contributed by atoms with van der Waals surface area (Å²) in [7, 11) is 0. The lowest BCUT2D eigenvalue weighted by molar-refractivity contribution is 0.705. The average molecular weight is 277 g/mol. The summed E-state index contributed by atoms with van der Waals surface area (Å²) in [6, 6.07) is 16.5. The van der Waals surface area contributed by atoms with Gasteiger partial charge in [-0.25, -0.2) is 4.98 Å². The van der Waals surface area contributed by atoms with E-state index >= 15 is 0 Å². The van der Waals surface area contributed by atoms with Crippen molar-refractivity contribution in [1.82, 2.24) is 9.38 Å². The molecular formula is C18H19N3. The van der Waals surface area contributed by atoms with E-state index in [0.717, 1.165) is 17.2 Å². The van der Waals surface area contributed by atoms with Gasteiger partial charge < -0.3 is 5.32 Å². The Hall–Kier alpha value is -2.29. The van der Waals surface area contributed by atoms with Gasteiger partial charge in [0.05, 0.1) is 5.69 Å². The molecule has 106 valence electrons. The van der Waals surface area contributed by atoms with Crippen LogP contribution in [0, 0.1) is 0 Å². The molecule has 0 spiro atoms. The second-order valence-corrected chi connectivity index (χ2v) is 5.75. The first-order valence-corrected chi connectivity index (χ1v) is 7.71. The van der Waals surface area contributed by atoms with Gasteiger partial charge in [0.2, 0.25) is 0 Å². The van der Waals surface area contributed by atoms with Crippen molar-refractivity contribution in [2.45, 2.75) is 31.6 Å². The van der Waals surface area contributed by atoms with E-state index in [4.69, 9.17) is 4.98 Å². The quantitative estimate of drug-likeness (QED) is 0.749. The van der Waals surface area contributed by atoms with Crippen LogP contribution in [0.5, 0.6) is 0 Å². The third-order valence-electron chi connectivity index (χ3n) is 4.34. The fourth-order valence-electron chi connectivity index (χ4n) is 3.28. The highest BCUT2D eigenvalue weighted by Gasteiger charge is 2.24. The molecule has 3 aromatic rings. The molecule has 1 saturated carbocycles. The third kappa shape index (κ3) is 2.29. The van der Waals surface area contributed by atoms with Crippen molar-refractivity contribution >= 4 is 17.2 Å². The van der Waals surface area contributed by atoms with Crippen LogP contribution in [-0.2, 0) is 0 Å². The summed E-state index contributed by atoms with van der Waals surface area (Å²) in [5, 5.41) is 3.57. The van der Waals surface area contributed by atoms with Crippen LogP contribution in [0.2, 0.25) is 0 Å². The molecule has 0 saturated heterocycles. The van der Waals surface area contributed by atoms with Gasteiger partial charge in [0.15, 0.2) is 0 Å². The number of nitrogens with zero attached hydrogens (tertiary/aromatic N) is 2. The maximum Gasteiger partial charge on any atom is 0.138 e. The number of fused-ring (bicyclic) bond motifs is 1. The van der Waals surface area contributed by atoms with Gasteiger partial charge in [-0.15, -0.1) is 0 Å². The highest BCUT2D eigenvalue weighted by atomic mass is 15.1. The molecule has 0 unspecified atom stereocenters. The molecule has 3 heteroatoms. The van der Waals surface area contributed by atoms with Gasteiger partial charge in [0.25, 0.3) is 0 Å². The predicted octanol–water partition coefficient (Wildman–Crippen LogP) is 4.74. The van der Waals surface area contributed by atoms with Crippen LogP contribution in [0.1, 0.15) is 37.3 Å². The minimum Gasteiger partial charge on any atom is -0.340 e. The Bertz CT molecular complexity index is 740. The van der Waals surface area contributed by atoms with Gasteiger partial charge in [-0.2, -0.15) is 0 Å². The maximum absolute atomic E-state index is 4.89. The minimum atomic E-state index is 0.594. The minimum absolute atomic E-state index is 0.594. The van der Waals surface area contributed by atoms with Gasteiger partial charge in [0.1, 0.15) is 11.5 Å². The van der Waals surface area contributed by atoms with Crippen molar-refractivity contribution in [3.63, 3.8) is 0 Å². The van der Waals surface area contributed by atoms with E-state index in [1.807, 2.05) is 12.1 Å². The number of nitrogens with one attached hydrogen (secondary N) is 1. The number of pyridine rings is 1. The zero-order chi connectivity index (χ0) is 14.1. The maximum atomic E-state index is 4.89. The van der Waals surface area contributed by atoms with Gasteiger partial charge in [-0.1, -0.05) is 37.1 Å². The summed E-state index contributed by atoms with van der Waals surface area (Å²) in [6.45, 7) is 0. The first kappa shape index (κ1) is 12.5. The van der Waals surface area contributed by atoms with Crippen LogP contribution >= 0.6 is 0 Å². The lowest BCUT2D eigenvalue weighted by Gasteiger charge is -2.12. The SMILES string of the molecule is c1ccc(Nc2c(C3CCCC3)nc3ccccn23)cc1. The molecule has 0 aliphatic heterocycles. The molecular weight excluding hydrogens is 258 g/mol. The Balaban J connectivity index is 1.82. The zero-order valence-electron chi connectivity index (χ0n) is 12.0. The smallest absolute Gasteiger partial charge is 0.138 e. The number of hydrogen-bond acceptors (Lipinski definition) is 2. The molecule has 1 N–H and O–H groups in total. The molecule has 2 heterocycles. The lowest BCUT2D eigenvalue weighted by atomic mass is 10.0. The van der Waals surface area contributed by atoms with E-state index in [2.05, 4.69) is 52.3 Å². The van der Waals surface area contributed by atoms with Gasteiger partial charge in [-0.05, 0) is 37.1 Å². The first-order chi connectivity index (χ1) is 10.4. The molecule has 21 heavy (non-hydrogen) atoms. The van der Waals surface area contributed by atoms with Crippen LogP contribution in [0.25, 0.3) is 5.65 Å². The molecule has 0 atom stereocenters. The number of aromatic nitrogens is 2. The summed E-state index contributed by atoms with van der Waals surface area (Å²) >= 11 is 0. The monoisotopic (exact) mass is 277 g/mol. The van der Waals surface area contributed by atoms with Crippen molar-refractivity contribution < 1.29 is 0 Å². The lowest BCUT2D eigenvalue weighted by Crippen LogP contribution is -2.01. The first-order valence-electron chi connectivity index (χ1n) is 7.71. The Morgan fingerprint density at radius 1 is 0.952 bits per heavy atom. The summed E-state index contributed by atoms with van der Waals surface area (Å²) in [5.41, 5.74) is 3.36. The van der Waals surface area contributed by atoms with Crippen LogP contribution < -0.4 is 5.32 Å². The third-order valence-corrected chi connectivity index (χ3v) is 4.34. The second kappa shape index (κ2) is 5.24. The van der Waals surface area contributed by atoms with E-state index in [-0.39, 0.29) is 0 Å². The van der Waals surface area contributed by atoms with Crippen molar-refractivity contribution in [2.24, 2.45) is 0 Å². The topological polar surface area (TPSA) is 29.3 Å². The summed E-state index contributed by atoms with van der Waals surface area (Å²) in [4.78, 5) is 4.89. The van der Waals surface area contributed by atoms with E-state index in [1.165, 1.54) is 31.4 Å². The second-order valence-electron chi connectivity index (χ2n) is 5.75. The Labute approximate surface area is 124 Å². The summed E-state index contributed by atoms with van der Waals surface area (Å²) in [5.74, 6) is 1.72. The van der Waals surface area contributed by atoms with E-state index in [1.54, 1.807) is 0 Å². The normalized spacial score (nSPS) is 15.6. The molecule has 1 aliphatic carbocycles. The van der Waals surface area contributed by atoms with Crippen LogP contribution in [0.4, 0.5) is 11.5 Å². The molecule has 1 fully saturated rings. The number of para-hydroxylation sites is 1. The van der Waals surface area contributed by atoms with E-state index in [0.29, 0.717) is 5.92 Å². The highest BCUT2D eigenvalue weighted by molar-refractivity contribution is 5.64. The van der Waals surface area contributed by atoms with Crippen LogP contribution in [-0.4, -0.2) is 9.38 Å². The number of benzene rings is 1. The fourth-order valence-corrected chi connectivity index (χ4v) is 3.28. The molecule has 0 bridgehead atoms. The van der Waals surface area contributed by atoms with Crippen molar-refractivity contribution in [2.75, 3.05) is 5.32 Å². The van der Waals surface area contributed by atoms with Gasteiger partial charge >= 0.3 is 0 Å². The van der Waals surface area contributed by atoms with Gasteiger partial charge in [-0.3, -0.25) is 4.40 Å². The molecule has 1 aromatic carbocycles. The largest absolute Gasteiger partial charge is 0.340 e. The fraction of sp³-hybridized carbons (Fsp3) is 0.278. The Morgan fingerprint density at radius 3 is 2.52 bits per heavy atom. The Morgan fingerprint density at radius 2 is 1.71 bits per heavy atom. The average Bonchev–Trinajstić information content (AvgIpc) is 3.16. The van der Waals surface area contributed by atoms with Crippen LogP contribution in [0.3, 0.4) is 0 Å². The number of hydrogen-bond donors (Lipinski definition) is 1. The molecule has 0 radical (unpaired) electrons. The summed E-state index contributed by atoms with van der Waals surface area (Å²) in [6.07, 6.45) is 7.25. The molecule has 3 nitrogen and oxygen atoms in total. The molecule has 4 rings (SSSR count). The number of rotatable bonds is 3. The number of imidazole rings is 1. The molecule has 1 aliphatic rings. The van der Waals surface area contributed by atoms with Crippen LogP contribution in [0.15, 0.2) is 54.7 Å². The predicted molar refractivity (Wildman–Crippen MR) is 86.1 cm³/mol. The number of anilines is 2. The zero-order valence-corrected chi connectivity index (χ0v) is 12.0. The summed E-state index contributed by atoms with van der Waals surface area (Å²) < 4.78 is 2.17. The Kier molecular flexibility index (Phi) is 3.11. The molecule has 2 aromatic heterocycles. The standard InChI is InChI=1S/C18H19N3/c1-2-10-15(11-3-1)19-18-17(14-8-4-5-9-14)20-16-12-6-7-13-21(16)18/h1-3,6-7,10-14,19H,4-5,8-9H2. The van der Waals surface area contributed by atoms with Gasteiger partial charge in [0, 0.05) is 17.8 Å². The van der Waals surface area contributed by atoms with E-state index < -0.39 is 0 Å². The highest BCUT2D eigenvalue weighted by Crippen LogP contribution is 2.38.